The second kappa shape index (κ2) is 3.83. The molecule has 0 amide bonds. The normalized spacial score (nSPS) is 47.7. The van der Waals surface area contributed by atoms with Gasteiger partial charge in [-0.15, -0.1) is 0 Å². The average molecular weight is 250 g/mol. The van der Waals surface area contributed by atoms with E-state index >= 15 is 0 Å². The Kier molecular flexibility index (Phi) is 2.60. The van der Waals surface area contributed by atoms with Crippen LogP contribution in [0.2, 0.25) is 0 Å². The minimum absolute atomic E-state index is 0.124. The van der Waals surface area contributed by atoms with Crippen molar-refractivity contribution in [3.8, 4) is 0 Å². The minimum atomic E-state index is -0.511. The Balaban J connectivity index is 2.02. The second-order valence-corrected chi connectivity index (χ2v) is 6.59. The van der Waals surface area contributed by atoms with E-state index in [1.165, 1.54) is 12.8 Å². The monoisotopic (exact) mass is 250 g/mol. The number of hydrogen-bond acceptors (Lipinski definition) is 3. The molecule has 3 rings (SSSR count). The van der Waals surface area contributed by atoms with Gasteiger partial charge in [0.25, 0.3) is 0 Å². The Bertz CT molecular complexity index is 425. The standard InChI is InChI=1S/C15H22O3/c1-8-5-4-6-11-12(16)13-10(7-15(8,11)3)9(2)14(17)18-13/h8,11-13,16H,4-7H2,1-3H3/t8-,11?,12?,13?,15+/m1/s1. The highest BCUT2D eigenvalue weighted by molar-refractivity contribution is 5.91. The van der Waals surface area contributed by atoms with Gasteiger partial charge in [0.15, 0.2) is 6.10 Å². The van der Waals surface area contributed by atoms with E-state index in [1.54, 1.807) is 0 Å². The van der Waals surface area contributed by atoms with Crippen LogP contribution >= 0.6 is 0 Å². The van der Waals surface area contributed by atoms with E-state index in [9.17, 15) is 9.90 Å². The maximum atomic E-state index is 11.7. The topological polar surface area (TPSA) is 46.5 Å². The van der Waals surface area contributed by atoms with Gasteiger partial charge in [0.1, 0.15) is 0 Å². The molecule has 3 nitrogen and oxygen atoms in total. The summed E-state index contributed by atoms with van der Waals surface area (Å²) in [5.41, 5.74) is 1.91. The van der Waals surface area contributed by atoms with Crippen LogP contribution in [0.25, 0.3) is 0 Å². The van der Waals surface area contributed by atoms with Gasteiger partial charge in [0, 0.05) is 5.57 Å². The molecule has 3 heteroatoms. The van der Waals surface area contributed by atoms with Gasteiger partial charge in [-0.05, 0) is 42.6 Å². The third-order valence-corrected chi connectivity index (χ3v) is 5.78. The summed E-state index contributed by atoms with van der Waals surface area (Å²) in [4.78, 5) is 11.7. The third kappa shape index (κ3) is 1.43. The summed E-state index contributed by atoms with van der Waals surface area (Å²) in [7, 11) is 0. The summed E-state index contributed by atoms with van der Waals surface area (Å²) in [6, 6.07) is 0. The van der Waals surface area contributed by atoms with Crippen molar-refractivity contribution in [2.45, 2.75) is 58.7 Å². The zero-order valence-electron chi connectivity index (χ0n) is 11.4. The third-order valence-electron chi connectivity index (χ3n) is 5.78. The first kappa shape index (κ1) is 12.2. The van der Waals surface area contributed by atoms with Crippen molar-refractivity contribution in [2.24, 2.45) is 17.3 Å². The van der Waals surface area contributed by atoms with Gasteiger partial charge in [-0.3, -0.25) is 0 Å². The number of fused-ring (bicyclic) bond motifs is 2. The zero-order valence-corrected chi connectivity index (χ0v) is 11.4. The molecular formula is C15H22O3. The maximum Gasteiger partial charge on any atom is 0.334 e. The summed E-state index contributed by atoms with van der Waals surface area (Å²) in [5.74, 6) is 0.639. The molecule has 0 aromatic rings. The Morgan fingerprint density at radius 3 is 2.83 bits per heavy atom. The summed E-state index contributed by atoms with van der Waals surface area (Å²) in [5, 5.41) is 10.6. The highest BCUT2D eigenvalue weighted by atomic mass is 16.6. The molecule has 1 N–H and O–H groups in total. The van der Waals surface area contributed by atoms with Crippen molar-refractivity contribution >= 4 is 5.97 Å². The summed E-state index contributed by atoms with van der Waals surface area (Å²) < 4.78 is 5.36. The molecule has 0 spiro atoms. The van der Waals surface area contributed by atoms with Crippen LogP contribution in [0.4, 0.5) is 0 Å². The Morgan fingerprint density at radius 1 is 1.39 bits per heavy atom. The first-order valence-corrected chi connectivity index (χ1v) is 7.04. The van der Waals surface area contributed by atoms with Crippen LogP contribution in [0.1, 0.15) is 46.5 Å². The number of ether oxygens (including phenoxy) is 1. The molecule has 100 valence electrons. The quantitative estimate of drug-likeness (QED) is 0.672. The summed E-state index contributed by atoms with van der Waals surface area (Å²) >= 11 is 0. The Hall–Kier alpha value is -0.830. The van der Waals surface area contributed by atoms with Gasteiger partial charge in [0.2, 0.25) is 0 Å². The van der Waals surface area contributed by atoms with Crippen LogP contribution in [0.5, 0.6) is 0 Å². The number of esters is 1. The van der Waals surface area contributed by atoms with Crippen LogP contribution in [0.15, 0.2) is 11.1 Å². The lowest BCUT2D eigenvalue weighted by atomic mass is 9.53. The molecule has 2 fully saturated rings. The first-order valence-electron chi connectivity index (χ1n) is 7.04. The van der Waals surface area contributed by atoms with E-state index in [0.29, 0.717) is 5.92 Å². The molecule has 5 atom stereocenters. The van der Waals surface area contributed by atoms with Crippen molar-refractivity contribution in [3.05, 3.63) is 11.1 Å². The number of aliphatic hydroxyl groups is 1. The lowest BCUT2D eigenvalue weighted by molar-refractivity contribution is -0.154. The van der Waals surface area contributed by atoms with Crippen molar-refractivity contribution < 1.29 is 14.6 Å². The Labute approximate surface area is 108 Å². The minimum Gasteiger partial charge on any atom is -0.452 e. The molecule has 0 saturated heterocycles. The number of carbonyl (C=O) groups is 1. The van der Waals surface area contributed by atoms with Crippen molar-refractivity contribution in [1.29, 1.82) is 0 Å². The van der Waals surface area contributed by atoms with E-state index in [4.69, 9.17) is 4.74 Å². The van der Waals surface area contributed by atoms with Crippen molar-refractivity contribution in [3.63, 3.8) is 0 Å². The number of aliphatic hydroxyl groups excluding tert-OH is 1. The SMILES string of the molecule is CC1=C2C[C@]3(C)C(CCC[C@H]3C)C(O)C2OC1=O. The molecule has 0 aromatic heterocycles. The van der Waals surface area contributed by atoms with Crippen molar-refractivity contribution in [2.75, 3.05) is 0 Å². The lowest BCUT2D eigenvalue weighted by Gasteiger charge is -2.53. The summed E-state index contributed by atoms with van der Waals surface area (Å²) in [6.45, 7) is 6.40. The molecule has 0 aromatic carbocycles. The van der Waals surface area contributed by atoms with Gasteiger partial charge >= 0.3 is 5.97 Å². The molecule has 3 aliphatic rings. The second-order valence-electron chi connectivity index (χ2n) is 6.59. The zero-order chi connectivity index (χ0) is 13.1. The van der Waals surface area contributed by atoms with E-state index in [2.05, 4.69) is 13.8 Å². The number of hydrogen-bond donors (Lipinski definition) is 1. The van der Waals surface area contributed by atoms with E-state index < -0.39 is 6.10 Å². The van der Waals surface area contributed by atoms with Gasteiger partial charge in [-0.25, -0.2) is 4.79 Å². The van der Waals surface area contributed by atoms with Gasteiger partial charge in [-0.2, -0.15) is 0 Å². The van der Waals surface area contributed by atoms with E-state index in [-0.39, 0.29) is 23.4 Å². The fourth-order valence-corrected chi connectivity index (χ4v) is 4.28. The molecule has 0 radical (unpaired) electrons. The molecular weight excluding hydrogens is 228 g/mol. The molecule has 18 heavy (non-hydrogen) atoms. The number of carbonyl (C=O) groups excluding carboxylic acids is 1. The van der Waals surface area contributed by atoms with Crippen LogP contribution in [-0.2, 0) is 9.53 Å². The fourth-order valence-electron chi connectivity index (χ4n) is 4.28. The van der Waals surface area contributed by atoms with E-state index in [0.717, 1.165) is 24.0 Å². The largest absolute Gasteiger partial charge is 0.452 e. The highest BCUT2D eigenvalue weighted by Gasteiger charge is 2.55. The fraction of sp³-hybridized carbons (Fsp3) is 0.800. The molecule has 0 bridgehead atoms. The molecule has 3 unspecified atom stereocenters. The van der Waals surface area contributed by atoms with Crippen LogP contribution in [0, 0.1) is 17.3 Å². The molecule has 1 heterocycles. The molecule has 2 aliphatic carbocycles. The van der Waals surface area contributed by atoms with Crippen LogP contribution < -0.4 is 0 Å². The highest BCUT2D eigenvalue weighted by Crippen LogP contribution is 2.56. The first-order chi connectivity index (χ1) is 8.45. The van der Waals surface area contributed by atoms with Crippen LogP contribution in [-0.4, -0.2) is 23.3 Å². The number of rotatable bonds is 0. The average Bonchev–Trinajstić information content (AvgIpc) is 2.60. The smallest absolute Gasteiger partial charge is 0.334 e. The van der Waals surface area contributed by atoms with Crippen LogP contribution in [0.3, 0.4) is 0 Å². The van der Waals surface area contributed by atoms with Gasteiger partial charge < -0.3 is 9.84 Å². The van der Waals surface area contributed by atoms with E-state index in [1.807, 2.05) is 6.92 Å². The summed E-state index contributed by atoms with van der Waals surface area (Å²) in [6.07, 6.45) is 3.51. The lowest BCUT2D eigenvalue weighted by Crippen LogP contribution is -2.53. The predicted octanol–water partition coefficient (Wildman–Crippen LogP) is 2.44. The molecule has 2 saturated carbocycles. The van der Waals surface area contributed by atoms with Gasteiger partial charge in [-0.1, -0.05) is 26.7 Å². The maximum absolute atomic E-state index is 11.7. The Morgan fingerprint density at radius 2 is 2.11 bits per heavy atom. The van der Waals surface area contributed by atoms with Gasteiger partial charge in [0.05, 0.1) is 6.10 Å². The van der Waals surface area contributed by atoms with Crippen molar-refractivity contribution in [1.82, 2.24) is 0 Å². The molecule has 1 aliphatic heterocycles. The predicted molar refractivity (Wildman–Crippen MR) is 67.8 cm³/mol.